The molecule has 114 valence electrons. The van der Waals surface area contributed by atoms with E-state index in [2.05, 4.69) is 0 Å². The van der Waals surface area contributed by atoms with Gasteiger partial charge < -0.3 is 5.73 Å². The van der Waals surface area contributed by atoms with Gasteiger partial charge in [-0.25, -0.2) is 12.8 Å². The van der Waals surface area contributed by atoms with Crippen LogP contribution in [-0.4, -0.2) is 31.4 Å². The molecule has 0 saturated heterocycles. The second-order valence-electron chi connectivity index (χ2n) is 5.06. The molecular weight excluding hydrogens is 279 g/mol. The van der Waals surface area contributed by atoms with E-state index in [1.165, 1.54) is 22.5 Å². The average Bonchev–Trinajstić information content (AvgIpc) is 2.44. The van der Waals surface area contributed by atoms with Gasteiger partial charge in [0.15, 0.2) is 0 Å². The first-order chi connectivity index (χ1) is 9.33. The number of halogens is 1. The predicted octanol–water partition coefficient (Wildman–Crippen LogP) is 2.35. The number of nitrogens with zero attached hydrogens (tertiary/aromatic N) is 1. The lowest BCUT2D eigenvalue weighted by atomic mass is 9.99. The second-order valence-corrected chi connectivity index (χ2v) is 6.89. The molecule has 1 aromatic rings. The van der Waals surface area contributed by atoms with Crippen LogP contribution in [0.5, 0.6) is 0 Å². The van der Waals surface area contributed by atoms with Gasteiger partial charge in [-0.1, -0.05) is 26.0 Å². The molecule has 0 amide bonds. The molecule has 0 heterocycles. The van der Waals surface area contributed by atoms with Crippen molar-refractivity contribution in [3.8, 4) is 0 Å². The summed E-state index contributed by atoms with van der Waals surface area (Å²) in [7, 11) is -3.90. The summed E-state index contributed by atoms with van der Waals surface area (Å²) in [5, 5.41) is 0. The highest BCUT2D eigenvalue weighted by molar-refractivity contribution is 7.89. The van der Waals surface area contributed by atoms with E-state index in [4.69, 9.17) is 5.73 Å². The molecule has 0 spiro atoms. The molecule has 1 unspecified atom stereocenters. The van der Waals surface area contributed by atoms with Crippen LogP contribution in [0.1, 0.15) is 33.6 Å². The van der Waals surface area contributed by atoms with Crippen LogP contribution in [0.15, 0.2) is 29.2 Å². The molecule has 0 radical (unpaired) electrons. The Morgan fingerprint density at radius 1 is 1.30 bits per heavy atom. The maximum absolute atomic E-state index is 13.8. The van der Waals surface area contributed by atoms with E-state index < -0.39 is 21.4 Å². The van der Waals surface area contributed by atoms with Gasteiger partial charge in [0.2, 0.25) is 10.0 Å². The van der Waals surface area contributed by atoms with E-state index >= 15 is 0 Å². The fourth-order valence-corrected chi connectivity index (χ4v) is 4.09. The van der Waals surface area contributed by atoms with E-state index in [9.17, 15) is 12.8 Å². The van der Waals surface area contributed by atoms with E-state index in [1.54, 1.807) is 6.92 Å². The third-order valence-electron chi connectivity index (χ3n) is 3.63. The van der Waals surface area contributed by atoms with Crippen molar-refractivity contribution in [2.45, 2.75) is 44.0 Å². The normalized spacial score (nSPS) is 15.3. The molecule has 6 heteroatoms. The van der Waals surface area contributed by atoms with E-state index in [0.29, 0.717) is 19.4 Å². The zero-order chi connectivity index (χ0) is 15.4. The molecule has 0 bridgehead atoms. The number of benzene rings is 1. The van der Waals surface area contributed by atoms with Crippen molar-refractivity contribution in [3.05, 3.63) is 30.1 Å². The smallest absolute Gasteiger partial charge is 0.246 e. The van der Waals surface area contributed by atoms with Gasteiger partial charge in [-0.2, -0.15) is 4.31 Å². The van der Waals surface area contributed by atoms with E-state index in [1.807, 2.05) is 13.8 Å². The van der Waals surface area contributed by atoms with Crippen LogP contribution < -0.4 is 5.73 Å². The lowest BCUT2D eigenvalue weighted by Crippen LogP contribution is -2.54. The van der Waals surface area contributed by atoms with Gasteiger partial charge in [-0.15, -0.1) is 0 Å². The van der Waals surface area contributed by atoms with Crippen molar-refractivity contribution in [2.75, 3.05) is 13.1 Å². The minimum Gasteiger partial charge on any atom is -0.329 e. The Labute approximate surface area is 120 Å². The minimum atomic E-state index is -3.90. The molecule has 2 N–H and O–H groups in total. The van der Waals surface area contributed by atoms with Crippen molar-refractivity contribution >= 4 is 10.0 Å². The topological polar surface area (TPSA) is 63.4 Å². The van der Waals surface area contributed by atoms with Crippen molar-refractivity contribution in [2.24, 2.45) is 5.73 Å². The molecule has 1 atom stereocenters. The molecule has 20 heavy (non-hydrogen) atoms. The van der Waals surface area contributed by atoms with Crippen LogP contribution in [0.25, 0.3) is 0 Å². The molecule has 0 saturated carbocycles. The van der Waals surface area contributed by atoms with E-state index in [0.717, 1.165) is 6.07 Å². The summed E-state index contributed by atoms with van der Waals surface area (Å²) < 4.78 is 40.7. The largest absolute Gasteiger partial charge is 0.329 e. The van der Waals surface area contributed by atoms with E-state index in [-0.39, 0.29) is 11.4 Å². The lowest BCUT2D eigenvalue weighted by molar-refractivity contribution is 0.205. The quantitative estimate of drug-likeness (QED) is 0.841. The van der Waals surface area contributed by atoms with Crippen LogP contribution in [-0.2, 0) is 10.0 Å². The molecule has 0 fully saturated rings. The van der Waals surface area contributed by atoms with Crippen LogP contribution >= 0.6 is 0 Å². The lowest BCUT2D eigenvalue weighted by Gasteiger charge is -2.38. The maximum atomic E-state index is 13.8. The van der Waals surface area contributed by atoms with Crippen LogP contribution in [0, 0.1) is 5.82 Å². The Morgan fingerprint density at radius 2 is 1.90 bits per heavy atom. The summed E-state index contributed by atoms with van der Waals surface area (Å²) in [6, 6.07) is 5.44. The zero-order valence-corrected chi connectivity index (χ0v) is 13.1. The molecule has 0 aliphatic heterocycles. The first-order valence-corrected chi connectivity index (χ1v) is 8.25. The Balaban J connectivity index is 3.37. The van der Waals surface area contributed by atoms with Gasteiger partial charge in [0.05, 0.1) is 0 Å². The van der Waals surface area contributed by atoms with Crippen molar-refractivity contribution in [3.63, 3.8) is 0 Å². The molecule has 0 aliphatic carbocycles. The Hall–Kier alpha value is -0.980. The third-order valence-corrected chi connectivity index (χ3v) is 5.73. The van der Waals surface area contributed by atoms with Gasteiger partial charge in [-0.05, 0) is 31.9 Å². The van der Waals surface area contributed by atoms with Gasteiger partial charge in [-0.3, -0.25) is 0 Å². The summed E-state index contributed by atoms with van der Waals surface area (Å²) in [6.07, 6.45) is 1.21. The highest BCUT2D eigenvalue weighted by Gasteiger charge is 2.38. The fraction of sp³-hybridized carbons (Fsp3) is 0.571. The molecule has 1 rings (SSSR count). The Morgan fingerprint density at radius 3 is 2.35 bits per heavy atom. The maximum Gasteiger partial charge on any atom is 0.246 e. The third kappa shape index (κ3) is 3.19. The van der Waals surface area contributed by atoms with Gasteiger partial charge in [0, 0.05) is 18.6 Å². The van der Waals surface area contributed by atoms with Gasteiger partial charge >= 0.3 is 0 Å². The van der Waals surface area contributed by atoms with Gasteiger partial charge in [0.1, 0.15) is 10.7 Å². The number of hydrogen-bond acceptors (Lipinski definition) is 3. The number of sulfonamides is 1. The van der Waals surface area contributed by atoms with Crippen molar-refractivity contribution in [1.82, 2.24) is 4.31 Å². The zero-order valence-electron chi connectivity index (χ0n) is 12.3. The number of rotatable bonds is 7. The Bertz CT molecular complexity index is 542. The van der Waals surface area contributed by atoms with Crippen LogP contribution in [0.2, 0.25) is 0 Å². The first kappa shape index (κ1) is 17.1. The molecule has 0 aromatic heterocycles. The number of hydrogen-bond donors (Lipinski definition) is 1. The first-order valence-electron chi connectivity index (χ1n) is 6.81. The standard InChI is InChI=1S/C14H23FN2O2S/c1-4-10-17(14(3,5-2)11-16)20(18,19)13-9-7-6-8-12(13)15/h6-9H,4-5,10-11,16H2,1-3H3. The monoisotopic (exact) mass is 302 g/mol. The van der Waals surface area contributed by atoms with Crippen LogP contribution in [0.4, 0.5) is 4.39 Å². The van der Waals surface area contributed by atoms with Crippen molar-refractivity contribution < 1.29 is 12.8 Å². The van der Waals surface area contributed by atoms with Crippen molar-refractivity contribution in [1.29, 1.82) is 0 Å². The Kier molecular flexibility index (Phi) is 5.68. The molecule has 0 aliphatic rings. The minimum absolute atomic E-state index is 0.192. The summed E-state index contributed by atoms with van der Waals surface area (Å²) in [5.41, 5.74) is 5.05. The SMILES string of the molecule is CCCN(C(C)(CC)CN)S(=O)(=O)c1ccccc1F. The average molecular weight is 302 g/mol. The summed E-state index contributed by atoms with van der Waals surface area (Å²) in [4.78, 5) is -0.290. The summed E-state index contributed by atoms with van der Waals surface area (Å²) in [5.74, 6) is -0.732. The molecule has 1 aromatic carbocycles. The highest BCUT2D eigenvalue weighted by atomic mass is 32.2. The van der Waals surface area contributed by atoms with Gasteiger partial charge in [0.25, 0.3) is 0 Å². The summed E-state index contributed by atoms with van der Waals surface area (Å²) >= 11 is 0. The molecule has 4 nitrogen and oxygen atoms in total. The predicted molar refractivity (Wildman–Crippen MR) is 78.3 cm³/mol. The second kappa shape index (κ2) is 6.65. The summed E-state index contributed by atoms with van der Waals surface area (Å²) in [6.45, 7) is 6.07. The molecular formula is C14H23FN2O2S. The van der Waals surface area contributed by atoms with Crippen LogP contribution in [0.3, 0.4) is 0 Å². The number of nitrogens with two attached hydrogens (primary N) is 1. The fourth-order valence-electron chi connectivity index (χ4n) is 2.08. The highest BCUT2D eigenvalue weighted by Crippen LogP contribution is 2.28.